The average Bonchev–Trinajstić information content (AvgIpc) is 3.15. The van der Waals surface area contributed by atoms with Gasteiger partial charge in [-0.05, 0) is 31.9 Å². The van der Waals surface area contributed by atoms with Gasteiger partial charge in [0.15, 0.2) is 17.8 Å². The lowest BCUT2D eigenvalue weighted by atomic mass is 9.95. The zero-order valence-electron chi connectivity index (χ0n) is 14.3. The molecular weight excluding hydrogens is 300 g/mol. The summed E-state index contributed by atoms with van der Waals surface area (Å²) < 4.78 is 5.62. The van der Waals surface area contributed by atoms with E-state index in [1.807, 2.05) is 37.3 Å². The first-order chi connectivity index (χ1) is 11.7. The number of rotatable bonds is 6. The van der Waals surface area contributed by atoms with Crippen molar-refractivity contribution in [1.82, 2.24) is 5.32 Å². The summed E-state index contributed by atoms with van der Waals surface area (Å²) in [7, 11) is 0. The number of carbonyl (C=O) groups is 1. The largest absolute Gasteiger partial charge is 0.463 e. The second-order valence-corrected chi connectivity index (χ2v) is 6.73. The van der Waals surface area contributed by atoms with E-state index in [4.69, 9.17) is 4.42 Å². The van der Waals surface area contributed by atoms with Crippen molar-refractivity contribution in [3.8, 4) is 0 Å². The van der Waals surface area contributed by atoms with Crippen LogP contribution in [0.5, 0.6) is 0 Å². The molecule has 0 spiro atoms. The van der Waals surface area contributed by atoms with Gasteiger partial charge in [-0.1, -0.05) is 49.6 Å². The van der Waals surface area contributed by atoms with Crippen LogP contribution in [0.25, 0.3) is 0 Å². The summed E-state index contributed by atoms with van der Waals surface area (Å²) in [5, 5.41) is 5.31. The average molecular weight is 327 g/mol. The van der Waals surface area contributed by atoms with E-state index in [2.05, 4.69) is 22.8 Å². The van der Waals surface area contributed by atoms with Gasteiger partial charge in [0.25, 0.3) is 5.91 Å². The Labute approximate surface area is 143 Å². The fraction of sp³-hybridized carbons (Fsp3) is 0.450. The van der Waals surface area contributed by atoms with Crippen molar-refractivity contribution >= 4 is 5.91 Å². The third-order valence-corrected chi connectivity index (χ3v) is 4.85. The summed E-state index contributed by atoms with van der Waals surface area (Å²) in [6.45, 7) is 1.97. The maximum atomic E-state index is 12.6. The predicted molar refractivity (Wildman–Crippen MR) is 93.4 cm³/mol. The highest BCUT2D eigenvalue weighted by molar-refractivity contribution is 5.80. The zero-order chi connectivity index (χ0) is 16.8. The molecule has 128 valence electrons. The number of quaternary nitrogens is 1. The molecule has 1 amide bonds. The molecule has 1 heterocycles. The van der Waals surface area contributed by atoms with Gasteiger partial charge < -0.3 is 15.1 Å². The van der Waals surface area contributed by atoms with Gasteiger partial charge in [0.05, 0.1) is 6.26 Å². The van der Waals surface area contributed by atoms with Gasteiger partial charge >= 0.3 is 0 Å². The first-order valence-corrected chi connectivity index (χ1v) is 8.98. The lowest BCUT2D eigenvalue weighted by Gasteiger charge is -2.25. The number of hydrogen-bond donors (Lipinski definition) is 2. The summed E-state index contributed by atoms with van der Waals surface area (Å²) in [6, 6.07) is 14.2. The Morgan fingerprint density at radius 3 is 2.54 bits per heavy atom. The SMILES string of the molecule is C[C@@H]([NH2+][C@@H](c1ccccc1)c1ccco1)C(=O)NC1CCCCC1. The Balaban J connectivity index is 1.66. The number of nitrogens with one attached hydrogen (secondary N) is 1. The van der Waals surface area contributed by atoms with Crippen molar-refractivity contribution in [3.05, 3.63) is 60.1 Å². The molecule has 4 nitrogen and oxygen atoms in total. The van der Waals surface area contributed by atoms with E-state index in [0.717, 1.165) is 24.2 Å². The van der Waals surface area contributed by atoms with Gasteiger partial charge in [0, 0.05) is 11.6 Å². The normalized spacial score (nSPS) is 18.0. The Morgan fingerprint density at radius 2 is 1.88 bits per heavy atom. The minimum atomic E-state index is -0.165. The monoisotopic (exact) mass is 327 g/mol. The van der Waals surface area contributed by atoms with Gasteiger partial charge in [-0.2, -0.15) is 0 Å². The molecule has 0 unspecified atom stereocenters. The van der Waals surface area contributed by atoms with Crippen LogP contribution in [0.15, 0.2) is 53.1 Å². The van der Waals surface area contributed by atoms with E-state index in [1.54, 1.807) is 6.26 Å². The number of amides is 1. The van der Waals surface area contributed by atoms with E-state index in [-0.39, 0.29) is 18.0 Å². The molecule has 24 heavy (non-hydrogen) atoms. The van der Waals surface area contributed by atoms with Crippen LogP contribution >= 0.6 is 0 Å². The summed E-state index contributed by atoms with van der Waals surface area (Å²) >= 11 is 0. The van der Waals surface area contributed by atoms with Crippen LogP contribution in [0, 0.1) is 0 Å². The molecule has 0 bridgehead atoms. The Hall–Kier alpha value is -2.07. The molecule has 1 aromatic heterocycles. The molecule has 1 aliphatic rings. The number of hydrogen-bond acceptors (Lipinski definition) is 2. The second-order valence-electron chi connectivity index (χ2n) is 6.73. The molecule has 1 saturated carbocycles. The third kappa shape index (κ3) is 4.26. The quantitative estimate of drug-likeness (QED) is 0.857. The summed E-state index contributed by atoms with van der Waals surface area (Å²) in [4.78, 5) is 12.6. The van der Waals surface area contributed by atoms with Crippen molar-refractivity contribution in [2.45, 2.75) is 57.2 Å². The van der Waals surface area contributed by atoms with Crippen LogP contribution in [0.4, 0.5) is 0 Å². The lowest BCUT2D eigenvalue weighted by molar-refractivity contribution is -0.706. The summed E-state index contributed by atoms with van der Waals surface area (Å²) in [5.74, 6) is 0.993. The molecule has 1 aliphatic carbocycles. The van der Waals surface area contributed by atoms with Gasteiger partial charge in [-0.25, -0.2) is 0 Å². The van der Waals surface area contributed by atoms with Crippen molar-refractivity contribution in [1.29, 1.82) is 0 Å². The van der Waals surface area contributed by atoms with Gasteiger partial charge in [0.2, 0.25) is 0 Å². The highest BCUT2D eigenvalue weighted by Crippen LogP contribution is 2.19. The maximum Gasteiger partial charge on any atom is 0.278 e. The molecule has 0 aliphatic heterocycles. The Morgan fingerprint density at radius 1 is 1.12 bits per heavy atom. The number of benzene rings is 1. The van der Waals surface area contributed by atoms with E-state index in [9.17, 15) is 4.79 Å². The fourth-order valence-electron chi connectivity index (χ4n) is 3.45. The fourth-order valence-corrected chi connectivity index (χ4v) is 3.45. The van der Waals surface area contributed by atoms with Crippen LogP contribution in [-0.4, -0.2) is 18.0 Å². The summed E-state index contributed by atoms with van der Waals surface area (Å²) in [5.41, 5.74) is 1.14. The van der Waals surface area contributed by atoms with Crippen molar-refractivity contribution < 1.29 is 14.5 Å². The first kappa shape index (κ1) is 16.8. The third-order valence-electron chi connectivity index (χ3n) is 4.85. The van der Waals surface area contributed by atoms with Gasteiger partial charge in [-0.15, -0.1) is 0 Å². The molecule has 0 saturated heterocycles. The van der Waals surface area contributed by atoms with Crippen LogP contribution in [-0.2, 0) is 4.79 Å². The maximum absolute atomic E-state index is 12.6. The Bertz CT molecular complexity index is 618. The van der Waals surface area contributed by atoms with Gasteiger partial charge in [0.1, 0.15) is 0 Å². The highest BCUT2D eigenvalue weighted by atomic mass is 16.3. The zero-order valence-corrected chi connectivity index (χ0v) is 14.3. The van der Waals surface area contributed by atoms with E-state index < -0.39 is 0 Å². The van der Waals surface area contributed by atoms with E-state index in [1.165, 1.54) is 19.3 Å². The lowest BCUT2D eigenvalue weighted by Crippen LogP contribution is -2.93. The second kappa shape index (κ2) is 8.15. The molecule has 2 aromatic rings. The molecule has 1 fully saturated rings. The molecule has 0 radical (unpaired) electrons. The van der Waals surface area contributed by atoms with Crippen LogP contribution in [0.2, 0.25) is 0 Å². The van der Waals surface area contributed by atoms with Crippen molar-refractivity contribution in [2.24, 2.45) is 0 Å². The van der Waals surface area contributed by atoms with Gasteiger partial charge in [-0.3, -0.25) is 4.79 Å². The van der Waals surface area contributed by atoms with Crippen molar-refractivity contribution in [2.75, 3.05) is 0 Å². The molecule has 3 rings (SSSR count). The predicted octanol–water partition coefficient (Wildman–Crippen LogP) is 2.77. The van der Waals surface area contributed by atoms with Crippen LogP contribution < -0.4 is 10.6 Å². The van der Waals surface area contributed by atoms with Crippen LogP contribution in [0.1, 0.15) is 56.4 Å². The van der Waals surface area contributed by atoms with E-state index >= 15 is 0 Å². The topological polar surface area (TPSA) is 58.9 Å². The number of carbonyl (C=O) groups excluding carboxylic acids is 1. The molecule has 1 aromatic carbocycles. The molecule has 2 atom stereocenters. The Kier molecular flexibility index (Phi) is 5.70. The first-order valence-electron chi connectivity index (χ1n) is 8.98. The van der Waals surface area contributed by atoms with E-state index in [0.29, 0.717) is 6.04 Å². The van der Waals surface area contributed by atoms with Crippen molar-refractivity contribution in [3.63, 3.8) is 0 Å². The number of furan rings is 1. The van der Waals surface area contributed by atoms with Crippen LogP contribution in [0.3, 0.4) is 0 Å². The smallest absolute Gasteiger partial charge is 0.278 e. The summed E-state index contributed by atoms with van der Waals surface area (Å²) in [6.07, 6.45) is 7.65. The molecular formula is C20H27N2O2+. The minimum absolute atomic E-state index is 0.00620. The molecule has 4 heteroatoms. The highest BCUT2D eigenvalue weighted by Gasteiger charge is 2.28. The number of nitrogens with two attached hydrogens (primary N) is 1. The molecule has 3 N–H and O–H groups in total. The minimum Gasteiger partial charge on any atom is -0.463 e. The standard InChI is InChI=1S/C20H26N2O2/c1-15(20(23)22-17-11-6-3-7-12-17)21-19(18-13-8-14-24-18)16-9-4-2-5-10-16/h2,4-5,8-10,13-15,17,19,21H,3,6-7,11-12H2,1H3,(H,22,23)/p+1/t15-,19+/m1/s1.